The molecule has 0 bridgehead atoms. The lowest BCUT2D eigenvalue weighted by Crippen LogP contribution is -2.45. The Morgan fingerprint density at radius 2 is 2.33 bits per heavy atom. The van der Waals surface area contributed by atoms with Crippen molar-refractivity contribution >= 4 is 23.8 Å². The molecule has 0 spiro atoms. The number of nitrogens with one attached hydrogen (secondary N) is 1. The number of amides is 2. The fraction of sp³-hybridized carbons (Fsp3) is 0.833. The molecule has 2 aliphatic heterocycles. The number of carbonyl (C=O) groups excluding carboxylic acids is 1. The Morgan fingerprint density at radius 3 is 2.83 bits per heavy atom. The highest BCUT2D eigenvalue weighted by molar-refractivity contribution is 7.99. The maximum Gasteiger partial charge on any atom is 0.317 e. The number of thioether (sulfide) groups is 1. The molecule has 5 nitrogen and oxygen atoms in total. The van der Waals surface area contributed by atoms with Gasteiger partial charge in [-0.25, -0.2) is 4.79 Å². The number of hydrogen-bond acceptors (Lipinski definition) is 3. The van der Waals surface area contributed by atoms with Crippen molar-refractivity contribution in [2.75, 3.05) is 24.6 Å². The number of aliphatic carboxylic acids is 1. The van der Waals surface area contributed by atoms with Crippen molar-refractivity contribution in [3.63, 3.8) is 0 Å². The van der Waals surface area contributed by atoms with Crippen LogP contribution in [0.4, 0.5) is 4.79 Å². The van der Waals surface area contributed by atoms with Gasteiger partial charge in [0, 0.05) is 24.9 Å². The number of likely N-dealkylation sites (tertiary alicyclic amines) is 1. The molecule has 0 saturated carbocycles. The molecule has 0 aromatic carbocycles. The summed E-state index contributed by atoms with van der Waals surface area (Å²) in [5, 5.41) is 12.3. The van der Waals surface area contributed by atoms with Crippen LogP contribution in [0.2, 0.25) is 0 Å². The van der Waals surface area contributed by atoms with Gasteiger partial charge in [0.1, 0.15) is 0 Å². The van der Waals surface area contributed by atoms with E-state index in [-0.39, 0.29) is 12.1 Å². The van der Waals surface area contributed by atoms with Crippen molar-refractivity contribution in [1.29, 1.82) is 0 Å². The highest BCUT2D eigenvalue weighted by Gasteiger charge is 2.44. The largest absolute Gasteiger partial charge is 0.481 e. The normalized spacial score (nSPS) is 31.6. The van der Waals surface area contributed by atoms with Gasteiger partial charge < -0.3 is 15.3 Å². The highest BCUT2D eigenvalue weighted by atomic mass is 32.2. The average Bonchev–Trinajstić information content (AvgIpc) is 2.97. The summed E-state index contributed by atoms with van der Waals surface area (Å²) in [6.07, 6.45) is 2.15. The average molecular weight is 272 g/mol. The van der Waals surface area contributed by atoms with Crippen LogP contribution in [0.1, 0.15) is 26.2 Å². The number of urea groups is 1. The van der Waals surface area contributed by atoms with Gasteiger partial charge in [-0.05, 0) is 25.0 Å². The zero-order valence-corrected chi connectivity index (χ0v) is 11.5. The van der Waals surface area contributed by atoms with E-state index in [9.17, 15) is 14.7 Å². The van der Waals surface area contributed by atoms with Gasteiger partial charge in [0.2, 0.25) is 0 Å². The second kappa shape index (κ2) is 5.38. The minimum absolute atomic E-state index is 0.0981. The molecule has 2 heterocycles. The van der Waals surface area contributed by atoms with Gasteiger partial charge in [-0.1, -0.05) is 6.92 Å². The van der Waals surface area contributed by atoms with Gasteiger partial charge in [0.25, 0.3) is 0 Å². The number of carbonyl (C=O) groups is 2. The maximum absolute atomic E-state index is 12.0. The number of carboxylic acid groups (broad SMARTS) is 1. The van der Waals surface area contributed by atoms with Crippen LogP contribution in [0.15, 0.2) is 0 Å². The van der Waals surface area contributed by atoms with Crippen molar-refractivity contribution in [3.8, 4) is 0 Å². The topological polar surface area (TPSA) is 69.6 Å². The van der Waals surface area contributed by atoms with E-state index < -0.39 is 11.4 Å². The summed E-state index contributed by atoms with van der Waals surface area (Å²) in [6.45, 7) is 2.76. The van der Waals surface area contributed by atoms with Gasteiger partial charge >= 0.3 is 12.0 Å². The Hall–Kier alpha value is -0.910. The van der Waals surface area contributed by atoms with Crippen LogP contribution in [0.25, 0.3) is 0 Å². The molecule has 0 radical (unpaired) electrons. The van der Waals surface area contributed by atoms with Gasteiger partial charge in [0.05, 0.1) is 5.41 Å². The fourth-order valence-electron chi connectivity index (χ4n) is 2.57. The monoisotopic (exact) mass is 272 g/mol. The molecule has 2 atom stereocenters. The number of hydrogen-bond donors (Lipinski definition) is 2. The summed E-state index contributed by atoms with van der Waals surface area (Å²) in [5.41, 5.74) is -0.734. The van der Waals surface area contributed by atoms with Gasteiger partial charge in [-0.3, -0.25) is 4.79 Å². The molecule has 18 heavy (non-hydrogen) atoms. The zero-order valence-electron chi connectivity index (χ0n) is 10.6. The minimum Gasteiger partial charge on any atom is -0.481 e. The zero-order chi connectivity index (χ0) is 13.2. The fourth-order valence-corrected chi connectivity index (χ4v) is 3.73. The van der Waals surface area contributed by atoms with Crippen LogP contribution < -0.4 is 5.32 Å². The predicted octanol–water partition coefficient (Wildman–Crippen LogP) is 1.39. The van der Waals surface area contributed by atoms with E-state index in [1.165, 1.54) is 0 Å². The molecule has 0 aliphatic carbocycles. The van der Waals surface area contributed by atoms with E-state index in [1.807, 2.05) is 18.7 Å². The molecule has 0 aromatic rings. The lowest BCUT2D eigenvalue weighted by Gasteiger charge is -2.24. The van der Waals surface area contributed by atoms with E-state index >= 15 is 0 Å². The molecule has 2 unspecified atom stereocenters. The van der Waals surface area contributed by atoms with E-state index in [0.717, 1.165) is 17.9 Å². The molecule has 0 aromatic heterocycles. The smallest absolute Gasteiger partial charge is 0.317 e. The van der Waals surface area contributed by atoms with Crippen molar-refractivity contribution < 1.29 is 14.7 Å². The molecule has 2 rings (SSSR count). The third kappa shape index (κ3) is 2.58. The molecular weight excluding hydrogens is 252 g/mol. The third-order valence-corrected chi connectivity index (χ3v) is 5.19. The molecular formula is C12H20N2O3S. The minimum atomic E-state index is -0.781. The molecule has 2 saturated heterocycles. The summed E-state index contributed by atoms with van der Waals surface area (Å²) >= 11 is 1.85. The number of carboxylic acids is 1. The summed E-state index contributed by atoms with van der Waals surface area (Å²) in [6, 6.07) is 0.156. The van der Waals surface area contributed by atoms with E-state index in [4.69, 9.17) is 0 Å². The van der Waals surface area contributed by atoms with Crippen molar-refractivity contribution in [1.82, 2.24) is 10.2 Å². The van der Waals surface area contributed by atoms with Crippen LogP contribution in [0, 0.1) is 5.41 Å². The van der Waals surface area contributed by atoms with E-state index in [0.29, 0.717) is 25.9 Å². The van der Waals surface area contributed by atoms with Crippen LogP contribution in [-0.4, -0.2) is 52.6 Å². The van der Waals surface area contributed by atoms with Crippen LogP contribution in [-0.2, 0) is 4.79 Å². The first-order chi connectivity index (χ1) is 8.57. The van der Waals surface area contributed by atoms with E-state index in [1.54, 1.807) is 4.90 Å². The lowest BCUT2D eigenvalue weighted by molar-refractivity contribution is -0.148. The first-order valence-electron chi connectivity index (χ1n) is 6.44. The first-order valence-corrected chi connectivity index (χ1v) is 7.59. The van der Waals surface area contributed by atoms with Crippen molar-refractivity contribution in [2.24, 2.45) is 5.41 Å². The second-order valence-electron chi connectivity index (χ2n) is 5.12. The quantitative estimate of drug-likeness (QED) is 0.814. The third-order valence-electron chi connectivity index (χ3n) is 4.03. The van der Waals surface area contributed by atoms with Crippen LogP contribution in [0.5, 0.6) is 0 Å². The van der Waals surface area contributed by atoms with Crippen LogP contribution >= 0.6 is 11.8 Å². The summed E-state index contributed by atoms with van der Waals surface area (Å²) in [4.78, 5) is 25.0. The predicted molar refractivity (Wildman–Crippen MR) is 70.8 cm³/mol. The van der Waals surface area contributed by atoms with Gasteiger partial charge in [-0.2, -0.15) is 11.8 Å². The summed E-state index contributed by atoms with van der Waals surface area (Å²) in [7, 11) is 0. The Balaban J connectivity index is 1.91. The summed E-state index contributed by atoms with van der Waals surface area (Å²) in [5.74, 6) is 1.29. The number of nitrogens with zero attached hydrogens (tertiary/aromatic N) is 1. The number of rotatable bonds is 3. The van der Waals surface area contributed by atoms with Crippen molar-refractivity contribution in [3.05, 3.63) is 0 Å². The second-order valence-corrected chi connectivity index (χ2v) is 6.27. The Bertz CT molecular complexity index is 344. The Kier molecular flexibility index (Phi) is 4.04. The lowest BCUT2D eigenvalue weighted by atomic mass is 9.84. The molecule has 6 heteroatoms. The van der Waals surface area contributed by atoms with Gasteiger partial charge in [0.15, 0.2) is 0 Å². The maximum atomic E-state index is 12.0. The first kappa shape index (κ1) is 13.5. The molecule has 102 valence electrons. The standard InChI is InChI=1S/C12H20N2O3S/c1-2-12(10(15)16)4-5-14(8-12)11(17)13-9-3-6-18-7-9/h9H,2-8H2,1H3,(H,13,17)(H,15,16). The summed E-state index contributed by atoms with van der Waals surface area (Å²) < 4.78 is 0. The van der Waals surface area contributed by atoms with Gasteiger partial charge in [-0.15, -0.1) is 0 Å². The SMILES string of the molecule is CCC1(C(=O)O)CCN(C(=O)NC2CCSC2)C1. The molecule has 2 aliphatic rings. The highest BCUT2D eigenvalue weighted by Crippen LogP contribution is 2.34. The van der Waals surface area contributed by atoms with Crippen LogP contribution in [0.3, 0.4) is 0 Å². The Morgan fingerprint density at radius 1 is 1.56 bits per heavy atom. The molecule has 2 amide bonds. The molecule has 2 N–H and O–H groups in total. The Labute approximate surface area is 111 Å². The molecule has 2 fully saturated rings. The van der Waals surface area contributed by atoms with Crippen molar-refractivity contribution in [2.45, 2.75) is 32.2 Å². The van der Waals surface area contributed by atoms with E-state index in [2.05, 4.69) is 5.32 Å².